The maximum Gasteiger partial charge on any atom is 0.266 e. The molecule has 0 aliphatic carbocycles. The van der Waals surface area contributed by atoms with E-state index < -0.39 is 0 Å². The lowest BCUT2D eigenvalue weighted by molar-refractivity contribution is -0.120. The van der Waals surface area contributed by atoms with Crippen molar-refractivity contribution >= 4 is 56.6 Å². The number of hydrogen-bond acceptors (Lipinski definition) is 5. The number of benzene rings is 2. The smallest absolute Gasteiger partial charge is 0.266 e. The molecule has 1 aromatic heterocycles. The lowest BCUT2D eigenvalue weighted by Crippen LogP contribution is -2.36. The molecule has 1 heterocycles. The van der Waals surface area contributed by atoms with Gasteiger partial charge in [-0.1, -0.05) is 29.0 Å². The van der Waals surface area contributed by atoms with Gasteiger partial charge in [-0.05, 0) is 82.4 Å². The van der Waals surface area contributed by atoms with Crippen LogP contribution in [0.3, 0.4) is 0 Å². The van der Waals surface area contributed by atoms with E-state index >= 15 is 0 Å². The van der Waals surface area contributed by atoms with Crippen molar-refractivity contribution in [3.8, 4) is 5.75 Å². The standard InChI is InChI=1S/C22H26ClN3O2S.ClH/c1-15-12-16(2)21-19(13-15)29-22(24-21)26(11-5-10-25(3)4)20(27)14-28-18-8-6-17(23)7-9-18;/h6-9,12-13H,5,10-11,14H2,1-4H3;1H. The molecule has 8 heteroatoms. The Morgan fingerprint density at radius 1 is 1.13 bits per heavy atom. The highest BCUT2D eigenvalue weighted by Crippen LogP contribution is 2.32. The molecule has 0 spiro atoms. The Morgan fingerprint density at radius 3 is 2.50 bits per heavy atom. The quantitative estimate of drug-likeness (QED) is 0.447. The van der Waals surface area contributed by atoms with Crippen LogP contribution in [-0.4, -0.2) is 49.6 Å². The first-order chi connectivity index (χ1) is 13.8. The molecule has 0 radical (unpaired) electrons. The second-order valence-electron chi connectivity index (χ2n) is 7.37. The number of ether oxygens (including phenoxy) is 1. The lowest BCUT2D eigenvalue weighted by Gasteiger charge is -2.21. The Balaban J connectivity index is 0.00000320. The van der Waals surface area contributed by atoms with Crippen LogP contribution < -0.4 is 9.64 Å². The highest BCUT2D eigenvalue weighted by atomic mass is 35.5. The normalized spacial score (nSPS) is 10.9. The van der Waals surface area contributed by atoms with Gasteiger partial charge in [0, 0.05) is 11.6 Å². The molecule has 0 unspecified atom stereocenters. The monoisotopic (exact) mass is 467 g/mol. The van der Waals surface area contributed by atoms with Crippen LogP contribution in [0, 0.1) is 13.8 Å². The van der Waals surface area contributed by atoms with E-state index in [1.807, 2.05) is 14.1 Å². The summed E-state index contributed by atoms with van der Waals surface area (Å²) in [6, 6.07) is 11.2. The number of nitrogens with zero attached hydrogens (tertiary/aromatic N) is 3. The van der Waals surface area contributed by atoms with Gasteiger partial charge in [-0.15, -0.1) is 12.4 Å². The van der Waals surface area contributed by atoms with E-state index in [9.17, 15) is 4.79 Å². The first-order valence-corrected chi connectivity index (χ1v) is 10.7. The van der Waals surface area contributed by atoms with E-state index in [1.54, 1.807) is 40.5 Å². The van der Waals surface area contributed by atoms with Crippen molar-refractivity contribution < 1.29 is 9.53 Å². The van der Waals surface area contributed by atoms with Gasteiger partial charge in [0.2, 0.25) is 0 Å². The number of rotatable bonds is 8. The van der Waals surface area contributed by atoms with Gasteiger partial charge in [-0.25, -0.2) is 4.98 Å². The van der Waals surface area contributed by atoms with Crippen LogP contribution in [0.25, 0.3) is 10.2 Å². The fourth-order valence-electron chi connectivity index (χ4n) is 3.10. The molecular weight excluding hydrogens is 441 g/mol. The number of anilines is 1. The van der Waals surface area contributed by atoms with Crippen LogP contribution in [0.2, 0.25) is 5.02 Å². The van der Waals surface area contributed by atoms with Crippen molar-refractivity contribution in [2.45, 2.75) is 20.3 Å². The highest BCUT2D eigenvalue weighted by Gasteiger charge is 2.21. The Kier molecular flexibility index (Phi) is 8.92. The van der Waals surface area contributed by atoms with E-state index in [0.29, 0.717) is 17.3 Å². The summed E-state index contributed by atoms with van der Waals surface area (Å²) in [5, 5.41) is 1.35. The van der Waals surface area contributed by atoms with E-state index in [1.165, 1.54) is 5.56 Å². The van der Waals surface area contributed by atoms with E-state index in [0.717, 1.165) is 33.9 Å². The van der Waals surface area contributed by atoms with Crippen molar-refractivity contribution in [3.63, 3.8) is 0 Å². The summed E-state index contributed by atoms with van der Waals surface area (Å²) >= 11 is 7.46. The largest absolute Gasteiger partial charge is 0.484 e. The number of carbonyl (C=O) groups is 1. The minimum Gasteiger partial charge on any atom is -0.484 e. The second-order valence-corrected chi connectivity index (χ2v) is 8.82. The van der Waals surface area contributed by atoms with Crippen LogP contribution in [0.15, 0.2) is 36.4 Å². The van der Waals surface area contributed by atoms with Gasteiger partial charge in [-0.2, -0.15) is 0 Å². The number of thiazole rings is 1. The molecular formula is C22H27Cl2N3O2S. The summed E-state index contributed by atoms with van der Waals surface area (Å²) in [4.78, 5) is 21.7. The third-order valence-electron chi connectivity index (χ3n) is 4.51. The van der Waals surface area contributed by atoms with E-state index in [-0.39, 0.29) is 24.9 Å². The molecule has 2 aromatic carbocycles. The average Bonchev–Trinajstić information content (AvgIpc) is 3.08. The van der Waals surface area contributed by atoms with Crippen molar-refractivity contribution in [1.29, 1.82) is 0 Å². The molecule has 30 heavy (non-hydrogen) atoms. The maximum atomic E-state index is 13.0. The summed E-state index contributed by atoms with van der Waals surface area (Å²) in [7, 11) is 4.05. The van der Waals surface area contributed by atoms with Crippen LogP contribution in [-0.2, 0) is 4.79 Å². The van der Waals surface area contributed by atoms with Gasteiger partial charge in [0.1, 0.15) is 5.75 Å². The van der Waals surface area contributed by atoms with Crippen molar-refractivity contribution in [2.75, 3.05) is 38.7 Å². The zero-order valence-electron chi connectivity index (χ0n) is 17.6. The van der Waals surface area contributed by atoms with E-state index in [2.05, 4.69) is 30.9 Å². The zero-order chi connectivity index (χ0) is 21.0. The molecule has 0 bridgehead atoms. The molecule has 0 fully saturated rings. The number of carbonyl (C=O) groups excluding carboxylic acids is 1. The molecule has 0 aliphatic heterocycles. The van der Waals surface area contributed by atoms with Gasteiger partial charge in [0.25, 0.3) is 5.91 Å². The summed E-state index contributed by atoms with van der Waals surface area (Å²) < 4.78 is 6.78. The number of aryl methyl sites for hydroxylation is 2. The number of hydrogen-bond donors (Lipinski definition) is 0. The van der Waals surface area contributed by atoms with Gasteiger partial charge in [0.05, 0.1) is 10.2 Å². The average molecular weight is 468 g/mol. The minimum absolute atomic E-state index is 0. The van der Waals surface area contributed by atoms with Crippen molar-refractivity contribution in [3.05, 3.63) is 52.5 Å². The fourth-order valence-corrected chi connectivity index (χ4v) is 4.41. The Morgan fingerprint density at radius 2 is 1.83 bits per heavy atom. The van der Waals surface area contributed by atoms with Crippen LogP contribution in [0.5, 0.6) is 5.75 Å². The third-order valence-corrected chi connectivity index (χ3v) is 5.79. The van der Waals surface area contributed by atoms with Crippen molar-refractivity contribution in [2.24, 2.45) is 0 Å². The minimum atomic E-state index is -0.105. The highest BCUT2D eigenvalue weighted by molar-refractivity contribution is 7.22. The molecule has 0 saturated carbocycles. The lowest BCUT2D eigenvalue weighted by atomic mass is 10.1. The van der Waals surface area contributed by atoms with E-state index in [4.69, 9.17) is 21.3 Å². The molecule has 3 rings (SSSR count). The summed E-state index contributed by atoms with van der Waals surface area (Å²) in [5.74, 6) is 0.513. The SMILES string of the molecule is Cc1cc(C)c2nc(N(CCCN(C)C)C(=O)COc3ccc(Cl)cc3)sc2c1.Cl. The van der Waals surface area contributed by atoms with Crippen LogP contribution in [0.1, 0.15) is 17.5 Å². The Bertz CT molecular complexity index is 990. The van der Waals surface area contributed by atoms with Gasteiger partial charge in [-0.3, -0.25) is 9.69 Å². The third kappa shape index (κ3) is 6.32. The molecule has 162 valence electrons. The molecule has 5 nitrogen and oxygen atoms in total. The Labute approximate surface area is 193 Å². The predicted molar refractivity (Wildman–Crippen MR) is 129 cm³/mol. The number of aromatic nitrogens is 1. The zero-order valence-corrected chi connectivity index (χ0v) is 20.0. The van der Waals surface area contributed by atoms with Crippen LogP contribution >= 0.6 is 35.3 Å². The summed E-state index contributed by atoms with van der Waals surface area (Å²) in [6.07, 6.45) is 0.855. The molecule has 1 amide bonds. The number of fused-ring (bicyclic) bond motifs is 1. The van der Waals surface area contributed by atoms with Gasteiger partial charge < -0.3 is 9.64 Å². The summed E-state index contributed by atoms with van der Waals surface area (Å²) in [6.45, 7) is 5.58. The Hall–Kier alpha value is -1.86. The van der Waals surface area contributed by atoms with Gasteiger partial charge in [0.15, 0.2) is 11.7 Å². The molecule has 0 atom stereocenters. The first kappa shape index (κ1) is 24.4. The first-order valence-electron chi connectivity index (χ1n) is 9.55. The van der Waals surface area contributed by atoms with Gasteiger partial charge >= 0.3 is 0 Å². The molecule has 3 aromatic rings. The molecule has 0 N–H and O–H groups in total. The fraction of sp³-hybridized carbons (Fsp3) is 0.364. The second kappa shape index (κ2) is 11.0. The number of halogens is 2. The van der Waals surface area contributed by atoms with Crippen LogP contribution in [0.4, 0.5) is 5.13 Å². The van der Waals surface area contributed by atoms with Crippen molar-refractivity contribution in [1.82, 2.24) is 9.88 Å². The number of amides is 1. The predicted octanol–water partition coefficient (Wildman–Crippen LogP) is 5.35. The molecule has 0 aliphatic rings. The maximum absolute atomic E-state index is 13.0. The topological polar surface area (TPSA) is 45.7 Å². The summed E-state index contributed by atoms with van der Waals surface area (Å²) in [5.41, 5.74) is 3.28. The molecule has 0 saturated heterocycles.